The lowest BCUT2D eigenvalue weighted by Gasteiger charge is -2.50. The molecule has 0 spiro atoms. The van der Waals surface area contributed by atoms with Crippen LogP contribution in [0.5, 0.6) is 0 Å². The van der Waals surface area contributed by atoms with E-state index in [2.05, 4.69) is 55.6 Å². The first-order chi connectivity index (χ1) is 10.3. The first-order valence-corrected chi connectivity index (χ1v) is 8.31. The highest BCUT2D eigenvalue weighted by Gasteiger charge is 2.46. The summed E-state index contributed by atoms with van der Waals surface area (Å²) >= 11 is 0. The van der Waals surface area contributed by atoms with Crippen LogP contribution in [0, 0.1) is 16.7 Å². The Labute approximate surface area is 133 Å². The maximum atomic E-state index is 4.66. The minimum absolute atomic E-state index is 0.303. The summed E-state index contributed by atoms with van der Waals surface area (Å²) < 4.78 is 2.10. The van der Waals surface area contributed by atoms with E-state index >= 15 is 0 Å². The van der Waals surface area contributed by atoms with Gasteiger partial charge >= 0.3 is 0 Å². The van der Waals surface area contributed by atoms with Crippen molar-refractivity contribution in [3.05, 3.63) is 42.0 Å². The zero-order chi connectivity index (χ0) is 16.0. The molecule has 3 heteroatoms. The summed E-state index contributed by atoms with van der Waals surface area (Å²) in [4.78, 5) is 4.10. The van der Waals surface area contributed by atoms with Gasteiger partial charge in [-0.1, -0.05) is 34.6 Å². The lowest BCUT2D eigenvalue weighted by Crippen LogP contribution is -2.44. The van der Waals surface area contributed by atoms with Crippen molar-refractivity contribution < 1.29 is 0 Å². The lowest BCUT2D eigenvalue weighted by molar-refractivity contribution is 0.0144. The van der Waals surface area contributed by atoms with Gasteiger partial charge < -0.3 is 0 Å². The first-order valence-electron chi connectivity index (χ1n) is 8.31. The van der Waals surface area contributed by atoms with E-state index in [1.54, 1.807) is 0 Å². The molecule has 0 aliphatic heterocycles. The van der Waals surface area contributed by atoms with Gasteiger partial charge in [0, 0.05) is 18.1 Å². The van der Waals surface area contributed by atoms with Gasteiger partial charge in [-0.25, -0.2) is 4.68 Å². The summed E-state index contributed by atoms with van der Waals surface area (Å²) in [6, 6.07) is 4.06. The number of rotatable bonds is 2. The van der Waals surface area contributed by atoms with E-state index < -0.39 is 0 Å². The second kappa shape index (κ2) is 5.22. The molecule has 0 amide bonds. The lowest BCUT2D eigenvalue weighted by atomic mass is 9.54. The van der Waals surface area contributed by atoms with Crippen molar-refractivity contribution in [1.29, 1.82) is 0 Å². The van der Waals surface area contributed by atoms with Gasteiger partial charge in [0.2, 0.25) is 0 Å². The molecule has 2 aromatic rings. The second-order valence-corrected chi connectivity index (χ2v) is 7.97. The Morgan fingerprint density at radius 2 is 1.86 bits per heavy atom. The number of hydrogen-bond donors (Lipinski definition) is 0. The van der Waals surface area contributed by atoms with E-state index in [0.717, 1.165) is 18.5 Å². The Morgan fingerprint density at radius 3 is 2.45 bits per heavy atom. The molecule has 0 fully saturated rings. The number of fused-ring (bicyclic) bond motifs is 1. The van der Waals surface area contributed by atoms with Gasteiger partial charge in [-0.15, -0.1) is 0 Å². The van der Waals surface area contributed by atoms with Crippen molar-refractivity contribution in [2.45, 2.75) is 53.9 Å². The van der Waals surface area contributed by atoms with Gasteiger partial charge in [-0.2, -0.15) is 5.10 Å². The summed E-state index contributed by atoms with van der Waals surface area (Å²) in [6.07, 6.45) is 9.22. The predicted molar refractivity (Wildman–Crippen MR) is 90.1 cm³/mol. The summed E-state index contributed by atoms with van der Waals surface area (Å²) in [5.41, 5.74) is 4.58. The fraction of sp³-hybridized carbons (Fsp3) is 0.579. The predicted octanol–water partition coefficient (Wildman–Crippen LogP) is 4.44. The smallest absolute Gasteiger partial charge is 0.0679 e. The van der Waals surface area contributed by atoms with Gasteiger partial charge in [0.1, 0.15) is 0 Å². The molecule has 0 saturated heterocycles. The Morgan fingerprint density at radius 1 is 1.18 bits per heavy atom. The van der Waals surface area contributed by atoms with Gasteiger partial charge in [0.15, 0.2) is 0 Å². The molecule has 22 heavy (non-hydrogen) atoms. The average molecular weight is 297 g/mol. The van der Waals surface area contributed by atoms with Crippen LogP contribution in [0.3, 0.4) is 0 Å². The monoisotopic (exact) mass is 297 g/mol. The molecule has 0 bridgehead atoms. The summed E-state index contributed by atoms with van der Waals surface area (Å²) in [5, 5.41) is 4.66. The molecule has 3 rings (SSSR count). The largest absolute Gasteiger partial charge is 0.265 e. The molecule has 0 radical (unpaired) electrons. The summed E-state index contributed by atoms with van der Waals surface area (Å²) in [5.74, 6) is 0.671. The zero-order valence-corrected chi connectivity index (χ0v) is 14.4. The van der Waals surface area contributed by atoms with Gasteiger partial charge in [0.05, 0.1) is 11.9 Å². The molecule has 2 heterocycles. The molecule has 118 valence electrons. The molecular formula is C19H27N3. The maximum absolute atomic E-state index is 4.66. The molecule has 1 atom stereocenters. The van der Waals surface area contributed by atoms with E-state index in [1.807, 2.05) is 24.5 Å². The van der Waals surface area contributed by atoms with Gasteiger partial charge in [-0.3, -0.25) is 4.98 Å². The molecule has 0 aromatic carbocycles. The van der Waals surface area contributed by atoms with Crippen molar-refractivity contribution >= 4 is 0 Å². The Kier molecular flexibility index (Phi) is 3.62. The Balaban J connectivity index is 2.01. The first kappa shape index (κ1) is 15.3. The van der Waals surface area contributed by atoms with Crippen LogP contribution in [-0.4, -0.2) is 14.8 Å². The zero-order valence-electron chi connectivity index (χ0n) is 14.4. The van der Waals surface area contributed by atoms with Gasteiger partial charge in [0.25, 0.3) is 0 Å². The molecular weight excluding hydrogens is 270 g/mol. The van der Waals surface area contributed by atoms with Crippen LogP contribution >= 0.6 is 0 Å². The third kappa shape index (κ3) is 2.27. The number of hydrogen-bond acceptors (Lipinski definition) is 2. The van der Waals surface area contributed by atoms with Crippen LogP contribution < -0.4 is 0 Å². The highest BCUT2D eigenvalue weighted by Crippen LogP contribution is 2.53. The van der Waals surface area contributed by atoms with Crippen LogP contribution in [0.25, 0.3) is 5.69 Å². The minimum Gasteiger partial charge on any atom is -0.265 e. The quantitative estimate of drug-likeness (QED) is 0.820. The number of pyridine rings is 1. The van der Waals surface area contributed by atoms with Gasteiger partial charge in [-0.05, 0) is 53.7 Å². The third-order valence-corrected chi connectivity index (χ3v) is 5.78. The van der Waals surface area contributed by atoms with Crippen LogP contribution in [-0.2, 0) is 12.8 Å². The van der Waals surface area contributed by atoms with Crippen LogP contribution in [0.2, 0.25) is 0 Å². The van der Waals surface area contributed by atoms with Crippen LogP contribution in [0.4, 0.5) is 0 Å². The molecule has 2 aromatic heterocycles. The fourth-order valence-electron chi connectivity index (χ4n) is 4.30. The molecule has 1 aliphatic carbocycles. The van der Waals surface area contributed by atoms with Crippen molar-refractivity contribution in [3.63, 3.8) is 0 Å². The molecule has 3 nitrogen and oxygen atoms in total. The highest BCUT2D eigenvalue weighted by atomic mass is 15.3. The van der Waals surface area contributed by atoms with E-state index in [1.165, 1.54) is 17.7 Å². The number of aromatic nitrogens is 3. The van der Waals surface area contributed by atoms with Crippen LogP contribution in [0.1, 0.15) is 52.3 Å². The number of nitrogens with zero attached hydrogens (tertiary/aromatic N) is 3. The van der Waals surface area contributed by atoms with Crippen molar-refractivity contribution in [2.24, 2.45) is 16.7 Å². The third-order valence-electron chi connectivity index (χ3n) is 5.78. The van der Waals surface area contributed by atoms with E-state index in [-0.39, 0.29) is 0 Å². The maximum Gasteiger partial charge on any atom is 0.0679 e. The minimum atomic E-state index is 0.303. The average Bonchev–Trinajstić information content (AvgIpc) is 2.89. The normalized spacial score (nSPS) is 21.9. The second-order valence-electron chi connectivity index (χ2n) is 7.97. The molecule has 0 saturated carbocycles. The van der Waals surface area contributed by atoms with Crippen molar-refractivity contribution in [3.8, 4) is 5.69 Å². The van der Waals surface area contributed by atoms with Crippen molar-refractivity contribution in [2.75, 3.05) is 0 Å². The van der Waals surface area contributed by atoms with Crippen molar-refractivity contribution in [1.82, 2.24) is 14.8 Å². The topological polar surface area (TPSA) is 30.7 Å². The fourth-order valence-corrected chi connectivity index (χ4v) is 4.30. The Bertz CT molecular complexity index is 649. The molecule has 0 N–H and O–H groups in total. The summed E-state index contributed by atoms with van der Waals surface area (Å²) in [6.45, 7) is 11.9. The van der Waals surface area contributed by atoms with Crippen LogP contribution in [0.15, 0.2) is 30.7 Å². The highest BCUT2D eigenvalue weighted by molar-refractivity contribution is 5.35. The van der Waals surface area contributed by atoms with E-state index in [9.17, 15) is 0 Å². The molecule has 1 aliphatic rings. The van der Waals surface area contributed by atoms with E-state index in [0.29, 0.717) is 16.7 Å². The standard InChI is InChI=1S/C19H27N3/c1-14(2)19(18(3,4)5)9-6-17-15(12-19)13-21-22(17)16-7-10-20-11-8-16/h7-8,10-11,13-14H,6,9,12H2,1-5H3. The SMILES string of the molecule is CC(C)C1(C(C)(C)C)CCc2c(cnn2-c2ccncc2)C1. The van der Waals surface area contributed by atoms with E-state index in [4.69, 9.17) is 0 Å². The Hall–Kier alpha value is -1.64. The summed E-state index contributed by atoms with van der Waals surface area (Å²) in [7, 11) is 0. The molecule has 1 unspecified atom stereocenters.